The Morgan fingerprint density at radius 2 is 1.77 bits per heavy atom. The molecule has 1 amide bonds. The molecular formula is C28H40NO12PS. The van der Waals surface area contributed by atoms with E-state index in [1.807, 2.05) is 6.07 Å². The number of ketones is 1. The summed E-state index contributed by atoms with van der Waals surface area (Å²) in [4.78, 5) is 61.8. The molecule has 1 aromatic rings. The fraction of sp³-hybridized carbons (Fsp3) is 0.607. The molecule has 0 aromatic heterocycles. The summed E-state index contributed by atoms with van der Waals surface area (Å²) in [6.45, 7) is 7.44. The van der Waals surface area contributed by atoms with E-state index in [0.717, 1.165) is 17.3 Å². The number of hydrogen-bond donors (Lipinski definition) is 1. The van der Waals surface area contributed by atoms with Gasteiger partial charge in [-0.05, 0) is 12.0 Å². The van der Waals surface area contributed by atoms with Crippen molar-refractivity contribution in [1.82, 2.24) is 5.32 Å². The van der Waals surface area contributed by atoms with Crippen molar-refractivity contribution in [3.63, 3.8) is 0 Å². The van der Waals surface area contributed by atoms with E-state index in [9.17, 15) is 28.5 Å². The fourth-order valence-corrected chi connectivity index (χ4v) is 6.03. The number of ether oxygens (including phenoxy) is 3. The summed E-state index contributed by atoms with van der Waals surface area (Å²) in [5.74, 6) is -1.79. The zero-order chi connectivity index (χ0) is 32.3. The lowest BCUT2D eigenvalue weighted by Crippen LogP contribution is -2.45. The van der Waals surface area contributed by atoms with Crippen molar-refractivity contribution >= 4 is 48.5 Å². The molecule has 0 unspecified atom stereocenters. The molecule has 1 heterocycles. The third kappa shape index (κ3) is 12.4. The molecule has 0 radical (unpaired) electrons. The topological polar surface area (TPSA) is 170 Å². The molecule has 1 saturated heterocycles. The van der Waals surface area contributed by atoms with Crippen LogP contribution in [0.5, 0.6) is 0 Å². The minimum atomic E-state index is -4.32. The summed E-state index contributed by atoms with van der Waals surface area (Å²) in [6, 6.07) is 7.65. The van der Waals surface area contributed by atoms with Gasteiger partial charge in [-0.15, -0.1) is 0 Å². The summed E-state index contributed by atoms with van der Waals surface area (Å²) in [5, 5.41) is 2.14. The lowest BCUT2D eigenvalue weighted by atomic mass is 9.84. The zero-order valence-electron chi connectivity index (χ0n) is 25.2. The number of benzene rings is 1. The number of esters is 2. The average molecular weight is 646 g/mol. The van der Waals surface area contributed by atoms with Crippen molar-refractivity contribution in [2.75, 3.05) is 26.3 Å². The predicted octanol–water partition coefficient (Wildman–Crippen LogP) is 4.57. The number of rotatable bonds is 14. The van der Waals surface area contributed by atoms with E-state index >= 15 is 0 Å². The molecule has 0 saturated carbocycles. The third-order valence-electron chi connectivity index (χ3n) is 6.06. The van der Waals surface area contributed by atoms with Gasteiger partial charge in [0.25, 0.3) is 0 Å². The summed E-state index contributed by atoms with van der Waals surface area (Å²) in [5.41, 5.74) is -0.809. The summed E-state index contributed by atoms with van der Waals surface area (Å²) < 4.78 is 43.6. The van der Waals surface area contributed by atoms with Crippen molar-refractivity contribution in [2.24, 2.45) is 10.8 Å². The number of Topliss-reactive ketones (excluding diaryl/α,β-unsaturated/α-hetero) is 1. The van der Waals surface area contributed by atoms with E-state index in [2.05, 4.69) is 10.1 Å². The summed E-state index contributed by atoms with van der Waals surface area (Å²) >= 11 is 0.857. The Kier molecular flexibility index (Phi) is 13.8. The fourth-order valence-electron chi connectivity index (χ4n) is 3.53. The van der Waals surface area contributed by atoms with Crippen LogP contribution in [0.4, 0.5) is 4.79 Å². The molecule has 1 aliphatic rings. The molecule has 1 aromatic carbocycles. The molecule has 2 rings (SSSR count). The first-order valence-corrected chi connectivity index (χ1v) is 16.0. The number of hydrogen-bond acceptors (Lipinski definition) is 13. The molecule has 13 nitrogen and oxygen atoms in total. The highest BCUT2D eigenvalue weighted by atomic mass is 32.2. The molecular weight excluding hydrogens is 605 g/mol. The lowest BCUT2D eigenvalue weighted by molar-refractivity contribution is -0.146. The number of phosphoric ester groups is 1. The number of carbonyl (C=O) groups excluding carboxylic acids is 5. The summed E-state index contributed by atoms with van der Waals surface area (Å²) in [7, 11) is -3.07. The lowest BCUT2D eigenvalue weighted by Gasteiger charge is -2.39. The van der Waals surface area contributed by atoms with Gasteiger partial charge in [-0.1, -0.05) is 76.7 Å². The van der Waals surface area contributed by atoms with Gasteiger partial charge in [0.05, 0.1) is 13.7 Å². The van der Waals surface area contributed by atoms with Crippen LogP contribution in [0.3, 0.4) is 0 Å². The Balaban J connectivity index is 1.95. The highest BCUT2D eigenvalue weighted by Gasteiger charge is 2.48. The molecule has 1 fully saturated rings. The molecule has 15 heteroatoms. The molecule has 0 spiro atoms. The minimum Gasteiger partial charge on any atom is -0.469 e. The monoisotopic (exact) mass is 645 g/mol. The predicted molar refractivity (Wildman–Crippen MR) is 156 cm³/mol. The van der Waals surface area contributed by atoms with Crippen LogP contribution in [0, 0.1) is 10.8 Å². The standard InChI is InChI=1S/C28H40NO12PS/c1-27(2,3)25(33)43-16-20(24(32)37-15-19-11-8-7-9-12-19)29-26(34)38-18-40-42(35)39-17-28(4,5)23(41-42)21(30)13-10-14-22(31)36-6/h7-9,11-12,20,23H,10,13-18H2,1-6H3,(H,29,34)/t20-,23-,42-/m0/s1. The second-order valence-electron chi connectivity index (χ2n) is 11.4. The van der Waals surface area contributed by atoms with Crippen LogP contribution < -0.4 is 5.32 Å². The third-order valence-corrected chi connectivity index (χ3v) is 8.77. The van der Waals surface area contributed by atoms with E-state index in [1.54, 1.807) is 58.9 Å². The zero-order valence-corrected chi connectivity index (χ0v) is 27.0. The van der Waals surface area contributed by atoms with Gasteiger partial charge in [-0.2, -0.15) is 0 Å². The van der Waals surface area contributed by atoms with Gasteiger partial charge in [-0.3, -0.25) is 23.4 Å². The van der Waals surface area contributed by atoms with Crippen LogP contribution >= 0.6 is 19.6 Å². The van der Waals surface area contributed by atoms with E-state index in [0.29, 0.717) is 0 Å². The first kappa shape index (κ1) is 36.4. The van der Waals surface area contributed by atoms with E-state index in [4.69, 9.17) is 23.0 Å². The van der Waals surface area contributed by atoms with Crippen molar-refractivity contribution in [3.05, 3.63) is 35.9 Å². The maximum Gasteiger partial charge on any atom is 0.478 e. The number of phosphoric acid groups is 1. The Morgan fingerprint density at radius 3 is 2.40 bits per heavy atom. The number of methoxy groups -OCH3 is 1. The highest BCUT2D eigenvalue weighted by molar-refractivity contribution is 8.13. The molecule has 43 heavy (non-hydrogen) atoms. The molecule has 3 atom stereocenters. The van der Waals surface area contributed by atoms with E-state index < -0.39 is 61.4 Å². The first-order chi connectivity index (χ1) is 20.1. The Morgan fingerprint density at radius 1 is 1.09 bits per heavy atom. The maximum atomic E-state index is 13.0. The first-order valence-electron chi connectivity index (χ1n) is 13.5. The van der Waals surface area contributed by atoms with Gasteiger partial charge in [0.15, 0.2) is 10.9 Å². The van der Waals surface area contributed by atoms with Gasteiger partial charge in [0.2, 0.25) is 6.79 Å². The average Bonchev–Trinajstić information content (AvgIpc) is 2.95. The Hall–Kier alpha value is -2.77. The van der Waals surface area contributed by atoms with Gasteiger partial charge in [0, 0.05) is 29.4 Å². The van der Waals surface area contributed by atoms with Crippen molar-refractivity contribution in [1.29, 1.82) is 0 Å². The number of amides is 1. The molecule has 1 N–H and O–H groups in total. The number of carbonyl (C=O) groups is 5. The second-order valence-corrected chi connectivity index (χ2v) is 14.0. The molecule has 0 bridgehead atoms. The van der Waals surface area contributed by atoms with Crippen LogP contribution in [0.15, 0.2) is 30.3 Å². The highest BCUT2D eigenvalue weighted by Crippen LogP contribution is 2.57. The largest absolute Gasteiger partial charge is 0.478 e. The second kappa shape index (κ2) is 16.3. The Labute approximate surface area is 255 Å². The van der Waals surface area contributed by atoms with Crippen LogP contribution in [0.2, 0.25) is 0 Å². The van der Waals surface area contributed by atoms with Crippen LogP contribution in [-0.2, 0) is 58.1 Å². The quantitative estimate of drug-likeness (QED) is 0.129. The van der Waals surface area contributed by atoms with Crippen molar-refractivity contribution < 1.29 is 56.3 Å². The molecule has 1 aliphatic heterocycles. The normalized spacial score (nSPS) is 20.4. The Bertz CT molecular complexity index is 1180. The van der Waals surface area contributed by atoms with Gasteiger partial charge >= 0.3 is 25.9 Å². The number of nitrogens with one attached hydrogen (secondary N) is 1. The van der Waals surface area contributed by atoms with Gasteiger partial charge < -0.3 is 19.5 Å². The SMILES string of the molecule is COC(=O)CCCC(=O)[C@@H]1O[P@](=O)(OCOC(=O)N[C@@H](CSC(=O)C(C)(C)C)C(=O)OCc2ccccc2)OCC1(C)C. The van der Waals surface area contributed by atoms with Crippen LogP contribution in [0.25, 0.3) is 0 Å². The number of thioether (sulfide) groups is 1. The number of alkyl carbamates (subject to hydrolysis) is 1. The minimum absolute atomic E-state index is 0.0282. The van der Waals surface area contributed by atoms with Gasteiger partial charge in [0.1, 0.15) is 18.8 Å². The van der Waals surface area contributed by atoms with Crippen LogP contribution in [-0.4, -0.2) is 67.3 Å². The van der Waals surface area contributed by atoms with Crippen LogP contribution in [0.1, 0.15) is 59.4 Å². The maximum absolute atomic E-state index is 13.0. The van der Waals surface area contributed by atoms with Gasteiger partial charge in [-0.25, -0.2) is 18.7 Å². The smallest absolute Gasteiger partial charge is 0.469 e. The summed E-state index contributed by atoms with van der Waals surface area (Å²) in [6.07, 6.45) is -2.07. The molecule has 0 aliphatic carbocycles. The molecule has 240 valence electrons. The van der Waals surface area contributed by atoms with E-state index in [1.165, 1.54) is 7.11 Å². The van der Waals surface area contributed by atoms with Crippen molar-refractivity contribution in [2.45, 2.75) is 72.6 Å². The van der Waals surface area contributed by atoms with E-state index in [-0.39, 0.29) is 43.3 Å². The van der Waals surface area contributed by atoms with Crippen molar-refractivity contribution in [3.8, 4) is 0 Å².